The summed E-state index contributed by atoms with van der Waals surface area (Å²) in [6, 6.07) is 2.79. The molecule has 176 valence electrons. The van der Waals surface area contributed by atoms with Gasteiger partial charge < -0.3 is 19.4 Å². The summed E-state index contributed by atoms with van der Waals surface area (Å²) < 4.78 is 99.2. The Morgan fingerprint density at radius 1 is 1.12 bits per heavy atom. The van der Waals surface area contributed by atoms with Crippen molar-refractivity contribution in [2.75, 3.05) is 29.9 Å². The largest absolute Gasteiger partial charge is 0.490 e. The Morgan fingerprint density at radius 2 is 1.81 bits per heavy atom. The molecule has 1 aromatic carbocycles. The average molecular weight is 469 g/mol. The van der Waals surface area contributed by atoms with Crippen LogP contribution in [-0.2, 0) is 6.42 Å². The minimum atomic E-state index is -4.65. The van der Waals surface area contributed by atoms with Gasteiger partial charge in [-0.1, -0.05) is 0 Å². The molecule has 13 heteroatoms. The number of amides is 1. The first kappa shape index (κ1) is 23.7. The second-order valence-corrected chi connectivity index (χ2v) is 7.07. The van der Waals surface area contributed by atoms with Crippen molar-refractivity contribution in [2.45, 2.75) is 38.0 Å². The molecular weight excluding hydrogens is 451 g/mol. The first-order valence-corrected chi connectivity index (χ1v) is 9.53. The second-order valence-electron chi connectivity index (χ2n) is 7.07. The van der Waals surface area contributed by atoms with Crippen LogP contribution < -0.4 is 15.0 Å². The molecule has 1 saturated heterocycles. The molecule has 1 fully saturated rings. The average Bonchev–Trinajstić information content (AvgIpc) is 3.31. The molecule has 1 amide bonds. The molecular formula is C19H18F7N3O3. The number of carbonyl (C=O) groups excluding carboxylic acids is 1. The van der Waals surface area contributed by atoms with Crippen LogP contribution in [0.25, 0.3) is 0 Å². The lowest BCUT2D eigenvalue weighted by Gasteiger charge is -2.11. The van der Waals surface area contributed by atoms with Crippen LogP contribution in [-0.4, -0.2) is 42.9 Å². The zero-order valence-corrected chi connectivity index (χ0v) is 16.4. The second kappa shape index (κ2) is 9.25. The number of oxazole rings is 1. The van der Waals surface area contributed by atoms with Crippen molar-refractivity contribution in [3.05, 3.63) is 35.5 Å². The van der Waals surface area contributed by atoms with Crippen LogP contribution in [0.2, 0.25) is 0 Å². The smallest absolute Gasteiger partial charge is 0.396 e. The first-order valence-electron chi connectivity index (χ1n) is 9.53. The van der Waals surface area contributed by atoms with E-state index in [0.29, 0.717) is 13.1 Å². The number of carbonyl (C=O) groups is 1. The quantitative estimate of drug-likeness (QED) is 0.572. The van der Waals surface area contributed by atoms with Gasteiger partial charge >= 0.3 is 12.4 Å². The van der Waals surface area contributed by atoms with E-state index in [9.17, 15) is 35.5 Å². The molecule has 0 atom stereocenters. The van der Waals surface area contributed by atoms with E-state index in [2.05, 4.69) is 10.3 Å². The summed E-state index contributed by atoms with van der Waals surface area (Å²) in [5.74, 6) is -3.26. The number of nitrogens with one attached hydrogen (secondary N) is 1. The highest BCUT2D eigenvalue weighted by atomic mass is 19.4. The molecule has 3 rings (SSSR count). The van der Waals surface area contributed by atoms with E-state index < -0.39 is 60.7 Å². The van der Waals surface area contributed by atoms with E-state index in [4.69, 9.17) is 9.15 Å². The molecule has 0 aliphatic carbocycles. The number of alkyl halides is 6. The lowest BCUT2D eigenvalue weighted by Crippen LogP contribution is -2.19. The summed E-state index contributed by atoms with van der Waals surface area (Å²) in [6.07, 6.45) is -10.3. The fraction of sp³-hybridized carbons (Fsp3) is 0.474. The van der Waals surface area contributed by atoms with Gasteiger partial charge in [-0.3, -0.25) is 4.79 Å². The summed E-state index contributed by atoms with van der Waals surface area (Å²) >= 11 is 0. The summed E-state index contributed by atoms with van der Waals surface area (Å²) in [5.41, 5.74) is -0.741. The number of aromatic nitrogens is 1. The standard InChI is InChI=1S/C19H18F7N3O3/c20-12-9-11(3-4-13(12)31-8-5-18(21,22)23)27-16(30)15-14(10-19(24,25)26)32-17(28-15)29-6-1-2-7-29/h3-4,9H,1-2,5-8,10H2,(H,27,30). The van der Waals surface area contributed by atoms with Crippen LogP contribution in [0.5, 0.6) is 5.75 Å². The van der Waals surface area contributed by atoms with Crippen LogP contribution in [0.4, 0.5) is 42.4 Å². The molecule has 0 radical (unpaired) electrons. The van der Waals surface area contributed by atoms with Crippen molar-refractivity contribution in [3.63, 3.8) is 0 Å². The Kier molecular flexibility index (Phi) is 6.84. The van der Waals surface area contributed by atoms with Gasteiger partial charge in [0.15, 0.2) is 17.3 Å². The topological polar surface area (TPSA) is 67.6 Å². The van der Waals surface area contributed by atoms with Crippen molar-refractivity contribution < 1.29 is 44.7 Å². The molecule has 0 spiro atoms. The lowest BCUT2D eigenvalue weighted by atomic mass is 10.2. The van der Waals surface area contributed by atoms with E-state index >= 15 is 0 Å². The van der Waals surface area contributed by atoms with Gasteiger partial charge in [0.05, 0.1) is 13.0 Å². The Labute approximate surface area is 177 Å². The van der Waals surface area contributed by atoms with Crippen LogP contribution >= 0.6 is 0 Å². The zero-order chi connectivity index (χ0) is 23.5. The number of ether oxygens (including phenoxy) is 1. The maximum absolute atomic E-state index is 14.1. The van der Waals surface area contributed by atoms with Gasteiger partial charge in [0.1, 0.15) is 12.2 Å². The van der Waals surface area contributed by atoms with E-state index in [1.807, 2.05) is 0 Å². The Hall–Kier alpha value is -2.99. The third-order valence-electron chi connectivity index (χ3n) is 4.47. The Bertz CT molecular complexity index is 951. The zero-order valence-electron chi connectivity index (χ0n) is 16.4. The van der Waals surface area contributed by atoms with E-state index in [0.717, 1.165) is 31.0 Å². The van der Waals surface area contributed by atoms with Crippen molar-refractivity contribution in [1.82, 2.24) is 4.98 Å². The van der Waals surface area contributed by atoms with Gasteiger partial charge in [0.2, 0.25) is 0 Å². The summed E-state index contributed by atoms with van der Waals surface area (Å²) in [7, 11) is 0. The van der Waals surface area contributed by atoms with Crippen molar-refractivity contribution >= 4 is 17.6 Å². The molecule has 2 heterocycles. The van der Waals surface area contributed by atoms with Crippen molar-refractivity contribution in [1.29, 1.82) is 0 Å². The lowest BCUT2D eigenvalue weighted by molar-refractivity contribution is -0.139. The van der Waals surface area contributed by atoms with Gasteiger partial charge in [0.25, 0.3) is 11.9 Å². The maximum atomic E-state index is 14.1. The summed E-state index contributed by atoms with van der Waals surface area (Å²) in [5, 5.41) is 2.21. The van der Waals surface area contributed by atoms with E-state index in [1.54, 1.807) is 4.90 Å². The molecule has 1 aliphatic heterocycles. The molecule has 32 heavy (non-hydrogen) atoms. The van der Waals surface area contributed by atoms with Gasteiger partial charge in [-0.15, -0.1) is 0 Å². The molecule has 0 saturated carbocycles. The van der Waals surface area contributed by atoms with E-state index in [-0.39, 0.29) is 11.7 Å². The summed E-state index contributed by atoms with van der Waals surface area (Å²) in [4.78, 5) is 18.0. The third kappa shape index (κ3) is 6.50. The highest BCUT2D eigenvalue weighted by Gasteiger charge is 2.35. The first-order chi connectivity index (χ1) is 14.9. The minimum Gasteiger partial charge on any atom is -0.490 e. The van der Waals surface area contributed by atoms with Crippen LogP contribution in [0.15, 0.2) is 22.6 Å². The number of halogens is 7. The molecule has 1 N–H and O–H groups in total. The molecule has 0 bridgehead atoms. The Balaban J connectivity index is 1.73. The highest BCUT2D eigenvalue weighted by molar-refractivity contribution is 6.03. The number of hydrogen-bond acceptors (Lipinski definition) is 5. The predicted molar refractivity (Wildman–Crippen MR) is 98.2 cm³/mol. The minimum absolute atomic E-state index is 0.105. The van der Waals surface area contributed by atoms with Crippen LogP contribution in [0.3, 0.4) is 0 Å². The van der Waals surface area contributed by atoms with Crippen molar-refractivity contribution in [3.8, 4) is 5.75 Å². The van der Waals surface area contributed by atoms with Crippen molar-refractivity contribution in [2.24, 2.45) is 0 Å². The molecule has 1 aromatic heterocycles. The SMILES string of the molecule is O=C(Nc1ccc(OCCC(F)(F)F)c(F)c1)c1nc(N2CCCC2)oc1CC(F)(F)F. The molecule has 0 unspecified atom stereocenters. The molecule has 6 nitrogen and oxygen atoms in total. The third-order valence-corrected chi connectivity index (χ3v) is 4.47. The monoisotopic (exact) mass is 469 g/mol. The number of nitrogens with zero attached hydrogens (tertiary/aromatic N) is 2. The van der Waals surface area contributed by atoms with E-state index in [1.165, 1.54) is 0 Å². The van der Waals surface area contributed by atoms with Crippen LogP contribution in [0, 0.1) is 5.82 Å². The van der Waals surface area contributed by atoms with Gasteiger partial charge in [0, 0.05) is 24.8 Å². The fourth-order valence-electron chi connectivity index (χ4n) is 3.02. The van der Waals surface area contributed by atoms with Gasteiger partial charge in [-0.2, -0.15) is 31.3 Å². The van der Waals surface area contributed by atoms with Crippen LogP contribution in [0.1, 0.15) is 35.5 Å². The predicted octanol–water partition coefficient (Wildman–Crippen LogP) is 5.10. The highest BCUT2D eigenvalue weighted by Crippen LogP contribution is 2.30. The number of anilines is 2. The summed E-state index contributed by atoms with van der Waals surface area (Å²) in [6.45, 7) is 0.243. The normalized spacial score (nSPS) is 14.7. The number of rotatable bonds is 7. The maximum Gasteiger partial charge on any atom is 0.396 e. The van der Waals surface area contributed by atoms with Gasteiger partial charge in [-0.05, 0) is 25.0 Å². The fourth-order valence-corrected chi connectivity index (χ4v) is 3.02. The molecule has 1 aliphatic rings. The van der Waals surface area contributed by atoms with Gasteiger partial charge in [-0.25, -0.2) is 4.39 Å². The number of benzene rings is 1. The number of hydrogen-bond donors (Lipinski definition) is 1. The Morgan fingerprint density at radius 3 is 2.41 bits per heavy atom. The molecule has 2 aromatic rings.